The monoisotopic (exact) mass is 286 g/mol. The van der Waals surface area contributed by atoms with Crippen LogP contribution in [0.4, 0.5) is 11.4 Å². The molecular formula is C16H22N4O. The summed E-state index contributed by atoms with van der Waals surface area (Å²) in [6.07, 6.45) is 2.45. The predicted molar refractivity (Wildman–Crippen MR) is 83.4 cm³/mol. The van der Waals surface area contributed by atoms with Crippen molar-refractivity contribution in [3.8, 4) is 0 Å². The summed E-state index contributed by atoms with van der Waals surface area (Å²) in [5, 5.41) is 9.94. The van der Waals surface area contributed by atoms with E-state index in [0.717, 1.165) is 17.9 Å². The Hall–Kier alpha value is -1.75. The summed E-state index contributed by atoms with van der Waals surface area (Å²) >= 11 is 0. The highest BCUT2D eigenvalue weighted by molar-refractivity contribution is 5.88. The Kier molecular flexibility index (Phi) is 3.22. The van der Waals surface area contributed by atoms with Gasteiger partial charge in [-0.25, -0.2) is 0 Å². The summed E-state index contributed by atoms with van der Waals surface area (Å²) in [5.41, 5.74) is 2.09. The number of hydrogen-bond acceptors (Lipinski definition) is 4. The molecule has 2 unspecified atom stereocenters. The largest absolute Gasteiger partial charge is 0.381 e. The van der Waals surface area contributed by atoms with Gasteiger partial charge in [0.2, 0.25) is 5.91 Å². The van der Waals surface area contributed by atoms with Gasteiger partial charge >= 0.3 is 0 Å². The van der Waals surface area contributed by atoms with E-state index in [1.54, 1.807) is 0 Å². The van der Waals surface area contributed by atoms with Gasteiger partial charge in [-0.2, -0.15) is 0 Å². The van der Waals surface area contributed by atoms with Crippen molar-refractivity contribution in [3.63, 3.8) is 0 Å². The third-order valence-electron chi connectivity index (χ3n) is 5.05. The number of hydrogen-bond donors (Lipinski definition) is 3. The standard InChI is InChI=1S/C16H22N4O/c21-16(19-15-10-20-7-5-11(15)6-8-20)14-9-17-12-3-1-2-4-13(12)18-14/h1-4,11,14-15,17-18H,5-10H2,(H,19,21). The van der Waals surface area contributed by atoms with E-state index in [2.05, 4.69) is 20.9 Å². The Morgan fingerprint density at radius 3 is 2.67 bits per heavy atom. The normalized spacial score (nSPS) is 33.5. The number of anilines is 2. The SMILES string of the molecule is O=C(NC1CN2CCC1CC2)C1CNc2ccccc2N1. The number of rotatable bonds is 2. The lowest BCUT2D eigenvalue weighted by molar-refractivity contribution is -0.123. The molecular weight excluding hydrogens is 264 g/mol. The molecule has 5 rings (SSSR count). The van der Waals surface area contributed by atoms with E-state index in [1.807, 2.05) is 24.3 Å². The number of fused-ring (bicyclic) bond motifs is 4. The van der Waals surface area contributed by atoms with Gasteiger partial charge in [0, 0.05) is 19.1 Å². The van der Waals surface area contributed by atoms with Gasteiger partial charge in [0.25, 0.3) is 0 Å². The van der Waals surface area contributed by atoms with Gasteiger partial charge in [0.15, 0.2) is 0 Å². The maximum atomic E-state index is 12.5. The first kappa shape index (κ1) is 13.0. The van der Waals surface area contributed by atoms with Crippen molar-refractivity contribution in [3.05, 3.63) is 24.3 Å². The molecule has 3 saturated heterocycles. The average Bonchev–Trinajstić information content (AvgIpc) is 2.55. The fraction of sp³-hybridized carbons (Fsp3) is 0.562. The van der Waals surface area contributed by atoms with Crippen LogP contribution in [0.25, 0.3) is 0 Å². The van der Waals surface area contributed by atoms with Crippen molar-refractivity contribution in [2.75, 3.05) is 36.8 Å². The minimum Gasteiger partial charge on any atom is -0.381 e. The van der Waals surface area contributed by atoms with E-state index >= 15 is 0 Å². The van der Waals surface area contributed by atoms with Crippen LogP contribution in [0.1, 0.15) is 12.8 Å². The van der Waals surface area contributed by atoms with E-state index in [1.165, 1.54) is 25.9 Å². The number of benzene rings is 1. The maximum absolute atomic E-state index is 12.5. The summed E-state index contributed by atoms with van der Waals surface area (Å²) in [6, 6.07) is 8.18. The first-order chi connectivity index (χ1) is 10.3. The highest BCUT2D eigenvalue weighted by atomic mass is 16.2. The quantitative estimate of drug-likeness (QED) is 0.762. The van der Waals surface area contributed by atoms with Gasteiger partial charge in [-0.3, -0.25) is 4.79 Å². The third-order valence-corrected chi connectivity index (χ3v) is 5.05. The summed E-state index contributed by atoms with van der Waals surface area (Å²) in [7, 11) is 0. The molecule has 4 aliphatic heterocycles. The highest BCUT2D eigenvalue weighted by Crippen LogP contribution is 2.28. The number of piperidine rings is 3. The number of carbonyl (C=O) groups is 1. The lowest BCUT2D eigenvalue weighted by Gasteiger charge is -2.45. The molecule has 1 aromatic carbocycles. The number of carbonyl (C=O) groups excluding carboxylic acids is 1. The Balaban J connectivity index is 1.40. The Labute approximate surface area is 125 Å². The molecule has 21 heavy (non-hydrogen) atoms. The fourth-order valence-electron chi connectivity index (χ4n) is 3.78. The zero-order chi connectivity index (χ0) is 14.2. The molecule has 0 aliphatic carbocycles. The molecule has 0 aromatic heterocycles. The molecule has 2 atom stereocenters. The molecule has 5 heteroatoms. The summed E-state index contributed by atoms with van der Waals surface area (Å²) in [4.78, 5) is 15.0. The van der Waals surface area contributed by atoms with E-state index < -0.39 is 0 Å². The van der Waals surface area contributed by atoms with Crippen LogP contribution in [-0.2, 0) is 4.79 Å². The maximum Gasteiger partial charge on any atom is 0.244 e. The van der Waals surface area contributed by atoms with Crippen LogP contribution in [0.3, 0.4) is 0 Å². The molecule has 0 saturated carbocycles. The average molecular weight is 286 g/mol. The second-order valence-corrected chi connectivity index (χ2v) is 6.38. The van der Waals surface area contributed by atoms with Crippen molar-refractivity contribution in [2.45, 2.75) is 24.9 Å². The van der Waals surface area contributed by atoms with E-state index in [4.69, 9.17) is 0 Å². The Bertz CT molecular complexity index is 539. The Morgan fingerprint density at radius 1 is 1.19 bits per heavy atom. The zero-order valence-corrected chi connectivity index (χ0v) is 12.1. The smallest absolute Gasteiger partial charge is 0.244 e. The predicted octanol–water partition coefficient (Wildman–Crippen LogP) is 1.10. The molecule has 2 bridgehead atoms. The van der Waals surface area contributed by atoms with E-state index in [9.17, 15) is 4.79 Å². The molecule has 5 nitrogen and oxygen atoms in total. The van der Waals surface area contributed by atoms with Crippen LogP contribution < -0.4 is 16.0 Å². The highest BCUT2D eigenvalue weighted by Gasteiger charge is 2.36. The van der Waals surface area contributed by atoms with Crippen molar-refractivity contribution in [2.24, 2.45) is 5.92 Å². The molecule has 112 valence electrons. The van der Waals surface area contributed by atoms with Crippen LogP contribution in [0.15, 0.2) is 24.3 Å². The zero-order valence-electron chi connectivity index (χ0n) is 12.1. The van der Waals surface area contributed by atoms with Gasteiger partial charge in [0.1, 0.15) is 6.04 Å². The van der Waals surface area contributed by atoms with Crippen molar-refractivity contribution < 1.29 is 4.79 Å². The molecule has 3 fully saturated rings. The van der Waals surface area contributed by atoms with Crippen LogP contribution in [0.2, 0.25) is 0 Å². The Morgan fingerprint density at radius 2 is 1.95 bits per heavy atom. The van der Waals surface area contributed by atoms with Gasteiger partial charge in [-0.05, 0) is 44.0 Å². The molecule has 0 radical (unpaired) electrons. The lowest BCUT2D eigenvalue weighted by Crippen LogP contribution is -2.59. The van der Waals surface area contributed by atoms with Gasteiger partial charge in [-0.15, -0.1) is 0 Å². The number of para-hydroxylation sites is 2. The first-order valence-corrected chi connectivity index (χ1v) is 7.92. The number of amides is 1. The summed E-state index contributed by atoms with van der Waals surface area (Å²) in [5.74, 6) is 0.790. The van der Waals surface area contributed by atoms with E-state index in [-0.39, 0.29) is 11.9 Å². The minimum absolute atomic E-state index is 0.121. The minimum atomic E-state index is -0.185. The summed E-state index contributed by atoms with van der Waals surface area (Å²) < 4.78 is 0. The van der Waals surface area contributed by atoms with Crippen molar-refractivity contribution in [1.82, 2.24) is 10.2 Å². The molecule has 3 N–H and O–H groups in total. The first-order valence-electron chi connectivity index (χ1n) is 7.92. The van der Waals surface area contributed by atoms with Crippen LogP contribution in [0.5, 0.6) is 0 Å². The van der Waals surface area contributed by atoms with Gasteiger partial charge in [-0.1, -0.05) is 12.1 Å². The van der Waals surface area contributed by atoms with Crippen molar-refractivity contribution >= 4 is 17.3 Å². The molecule has 1 amide bonds. The van der Waals surface area contributed by atoms with Crippen LogP contribution in [0, 0.1) is 5.92 Å². The topological polar surface area (TPSA) is 56.4 Å². The third kappa shape index (κ3) is 2.46. The molecule has 1 aromatic rings. The van der Waals surface area contributed by atoms with Gasteiger partial charge in [0.05, 0.1) is 11.4 Å². The van der Waals surface area contributed by atoms with E-state index in [0.29, 0.717) is 18.5 Å². The molecule has 4 heterocycles. The number of nitrogens with zero attached hydrogens (tertiary/aromatic N) is 1. The molecule has 0 spiro atoms. The second kappa shape index (κ2) is 5.22. The number of nitrogens with one attached hydrogen (secondary N) is 3. The molecule has 4 aliphatic rings. The van der Waals surface area contributed by atoms with Crippen molar-refractivity contribution in [1.29, 1.82) is 0 Å². The van der Waals surface area contributed by atoms with Gasteiger partial charge < -0.3 is 20.9 Å². The fourth-order valence-corrected chi connectivity index (χ4v) is 3.78. The van der Waals surface area contributed by atoms with Crippen LogP contribution >= 0.6 is 0 Å². The lowest BCUT2D eigenvalue weighted by atomic mass is 9.84. The second-order valence-electron chi connectivity index (χ2n) is 6.38. The van der Waals surface area contributed by atoms with Crippen LogP contribution in [-0.4, -0.2) is 49.1 Å². The summed E-state index contributed by atoms with van der Waals surface area (Å²) in [6.45, 7) is 4.07.